The lowest BCUT2D eigenvalue weighted by atomic mass is 10.1. The number of aromatic nitrogens is 2. The van der Waals surface area contributed by atoms with E-state index in [0.29, 0.717) is 13.0 Å². The SMILES string of the molecule is COC(=O)C(C)NC(=O)NCCc1c(C)nn(C)c1C. The molecule has 0 fully saturated rings. The first-order chi connectivity index (χ1) is 9.36. The molecule has 0 aromatic carbocycles. The van der Waals surface area contributed by atoms with Gasteiger partial charge in [-0.3, -0.25) is 4.68 Å². The van der Waals surface area contributed by atoms with Crippen LogP contribution in [-0.2, 0) is 23.0 Å². The normalized spacial score (nSPS) is 11.8. The topological polar surface area (TPSA) is 85.2 Å². The lowest BCUT2D eigenvalue weighted by molar-refractivity contribution is -0.142. The zero-order valence-corrected chi connectivity index (χ0v) is 12.6. The fourth-order valence-corrected chi connectivity index (χ4v) is 1.96. The van der Waals surface area contributed by atoms with Crippen molar-refractivity contribution in [2.75, 3.05) is 13.7 Å². The Hall–Kier alpha value is -2.05. The molecule has 0 aliphatic heterocycles. The standard InChI is InChI=1S/C13H22N4O3/c1-8-11(10(3)17(4)16-8)6-7-14-13(19)15-9(2)12(18)20-5/h9H,6-7H2,1-5H3,(H2,14,15,19). The molecule has 0 bridgehead atoms. The van der Waals surface area contributed by atoms with Crippen molar-refractivity contribution in [1.82, 2.24) is 20.4 Å². The molecule has 7 heteroatoms. The molecule has 1 rings (SSSR count). The molecule has 0 saturated carbocycles. The summed E-state index contributed by atoms with van der Waals surface area (Å²) in [6.45, 7) is 5.99. The lowest BCUT2D eigenvalue weighted by Crippen LogP contribution is -2.45. The number of esters is 1. The van der Waals surface area contributed by atoms with Gasteiger partial charge >= 0.3 is 12.0 Å². The van der Waals surface area contributed by atoms with Crippen molar-refractivity contribution in [3.63, 3.8) is 0 Å². The number of urea groups is 1. The van der Waals surface area contributed by atoms with E-state index in [9.17, 15) is 9.59 Å². The summed E-state index contributed by atoms with van der Waals surface area (Å²) < 4.78 is 6.35. The van der Waals surface area contributed by atoms with Gasteiger partial charge in [0.1, 0.15) is 6.04 Å². The monoisotopic (exact) mass is 282 g/mol. The van der Waals surface area contributed by atoms with Gasteiger partial charge in [-0.05, 0) is 32.8 Å². The fraction of sp³-hybridized carbons (Fsp3) is 0.615. The van der Waals surface area contributed by atoms with Crippen LogP contribution in [0.3, 0.4) is 0 Å². The van der Waals surface area contributed by atoms with E-state index < -0.39 is 12.0 Å². The average molecular weight is 282 g/mol. The van der Waals surface area contributed by atoms with Gasteiger partial charge in [0.25, 0.3) is 0 Å². The Morgan fingerprint density at radius 3 is 2.55 bits per heavy atom. The molecule has 0 aliphatic carbocycles. The third-order valence-electron chi connectivity index (χ3n) is 3.22. The van der Waals surface area contributed by atoms with Crippen LogP contribution in [-0.4, -0.2) is 41.5 Å². The molecule has 2 amide bonds. The highest BCUT2D eigenvalue weighted by Gasteiger charge is 2.15. The highest BCUT2D eigenvalue weighted by Crippen LogP contribution is 2.11. The molecule has 7 nitrogen and oxygen atoms in total. The minimum Gasteiger partial charge on any atom is -0.467 e. The van der Waals surface area contributed by atoms with Crippen LogP contribution in [0.25, 0.3) is 0 Å². The fourth-order valence-electron chi connectivity index (χ4n) is 1.96. The predicted octanol–water partition coefficient (Wildman–Crippen LogP) is 0.440. The van der Waals surface area contributed by atoms with E-state index in [4.69, 9.17) is 0 Å². The summed E-state index contributed by atoms with van der Waals surface area (Å²) in [6, 6.07) is -1.05. The number of methoxy groups -OCH3 is 1. The van der Waals surface area contributed by atoms with Gasteiger partial charge in [0.15, 0.2) is 0 Å². The molecule has 0 aliphatic rings. The number of carbonyl (C=O) groups excluding carboxylic acids is 2. The van der Waals surface area contributed by atoms with E-state index in [2.05, 4.69) is 20.5 Å². The number of ether oxygens (including phenoxy) is 1. The highest BCUT2D eigenvalue weighted by atomic mass is 16.5. The molecule has 0 saturated heterocycles. The first-order valence-electron chi connectivity index (χ1n) is 6.48. The maximum absolute atomic E-state index is 11.6. The second-order valence-electron chi connectivity index (χ2n) is 4.67. The quantitative estimate of drug-likeness (QED) is 0.767. The number of rotatable bonds is 5. The second-order valence-corrected chi connectivity index (χ2v) is 4.67. The number of nitrogens with one attached hydrogen (secondary N) is 2. The van der Waals surface area contributed by atoms with Gasteiger partial charge in [-0.15, -0.1) is 0 Å². The maximum atomic E-state index is 11.6. The Morgan fingerprint density at radius 1 is 1.40 bits per heavy atom. The number of amides is 2. The molecule has 1 atom stereocenters. The van der Waals surface area contributed by atoms with Gasteiger partial charge in [-0.1, -0.05) is 0 Å². The Labute approximate surface area is 118 Å². The van der Waals surface area contributed by atoms with Crippen molar-refractivity contribution in [2.45, 2.75) is 33.2 Å². The van der Waals surface area contributed by atoms with Crippen molar-refractivity contribution in [3.05, 3.63) is 17.0 Å². The largest absolute Gasteiger partial charge is 0.467 e. The van der Waals surface area contributed by atoms with Gasteiger partial charge in [0.05, 0.1) is 12.8 Å². The Balaban J connectivity index is 2.41. The van der Waals surface area contributed by atoms with E-state index in [-0.39, 0.29) is 6.03 Å². The zero-order valence-electron chi connectivity index (χ0n) is 12.6. The van der Waals surface area contributed by atoms with Crippen molar-refractivity contribution < 1.29 is 14.3 Å². The Kier molecular flexibility index (Phi) is 5.54. The van der Waals surface area contributed by atoms with Crippen LogP contribution in [0.5, 0.6) is 0 Å². The van der Waals surface area contributed by atoms with Crippen molar-refractivity contribution in [1.29, 1.82) is 0 Å². The van der Waals surface area contributed by atoms with Crippen LogP contribution in [0.4, 0.5) is 4.79 Å². The van der Waals surface area contributed by atoms with E-state index >= 15 is 0 Å². The summed E-state index contributed by atoms with van der Waals surface area (Å²) in [6.07, 6.45) is 0.700. The van der Waals surface area contributed by atoms with Crippen LogP contribution in [0.15, 0.2) is 0 Å². The van der Waals surface area contributed by atoms with Gasteiger partial charge in [0, 0.05) is 19.3 Å². The summed E-state index contributed by atoms with van der Waals surface area (Å²) in [7, 11) is 3.18. The third-order valence-corrected chi connectivity index (χ3v) is 3.22. The number of carbonyl (C=O) groups is 2. The molecule has 20 heavy (non-hydrogen) atoms. The molecule has 1 unspecified atom stereocenters. The van der Waals surface area contributed by atoms with Gasteiger partial charge in [-0.25, -0.2) is 9.59 Å². The molecule has 1 aromatic rings. The van der Waals surface area contributed by atoms with E-state index in [1.807, 2.05) is 25.6 Å². The average Bonchev–Trinajstić information content (AvgIpc) is 2.63. The number of hydrogen-bond acceptors (Lipinski definition) is 4. The Morgan fingerprint density at radius 2 is 2.05 bits per heavy atom. The van der Waals surface area contributed by atoms with Crippen LogP contribution < -0.4 is 10.6 Å². The van der Waals surface area contributed by atoms with Crippen molar-refractivity contribution >= 4 is 12.0 Å². The van der Waals surface area contributed by atoms with E-state index in [0.717, 1.165) is 17.0 Å². The van der Waals surface area contributed by atoms with Crippen molar-refractivity contribution in [3.8, 4) is 0 Å². The summed E-state index contributed by atoms with van der Waals surface area (Å²) in [4.78, 5) is 22.7. The van der Waals surface area contributed by atoms with Crippen LogP contribution in [0.1, 0.15) is 23.9 Å². The maximum Gasteiger partial charge on any atom is 0.328 e. The van der Waals surface area contributed by atoms with Gasteiger partial charge in [0.2, 0.25) is 0 Å². The van der Waals surface area contributed by atoms with Crippen LogP contribution in [0, 0.1) is 13.8 Å². The smallest absolute Gasteiger partial charge is 0.328 e. The Bertz CT molecular complexity index is 496. The minimum atomic E-state index is -0.665. The lowest BCUT2D eigenvalue weighted by Gasteiger charge is -2.12. The highest BCUT2D eigenvalue weighted by molar-refractivity contribution is 5.83. The molecule has 1 heterocycles. The van der Waals surface area contributed by atoms with E-state index in [1.54, 1.807) is 6.92 Å². The zero-order chi connectivity index (χ0) is 15.3. The molecule has 0 radical (unpaired) electrons. The van der Waals surface area contributed by atoms with Crippen molar-refractivity contribution in [2.24, 2.45) is 7.05 Å². The molecule has 112 valence electrons. The summed E-state index contributed by atoms with van der Waals surface area (Å²) in [5.74, 6) is -0.473. The molecular formula is C13H22N4O3. The first kappa shape index (κ1) is 16.0. The first-order valence-corrected chi connectivity index (χ1v) is 6.48. The predicted molar refractivity (Wildman–Crippen MR) is 74.4 cm³/mol. The molecular weight excluding hydrogens is 260 g/mol. The summed E-state index contributed by atoms with van der Waals surface area (Å²) in [5, 5.41) is 9.53. The van der Waals surface area contributed by atoms with Gasteiger partial charge < -0.3 is 15.4 Å². The minimum absolute atomic E-state index is 0.387. The van der Waals surface area contributed by atoms with Gasteiger partial charge in [-0.2, -0.15) is 5.10 Å². The third kappa shape index (κ3) is 3.97. The summed E-state index contributed by atoms with van der Waals surface area (Å²) in [5.41, 5.74) is 3.19. The number of aryl methyl sites for hydroxylation is 2. The van der Waals surface area contributed by atoms with Crippen LogP contribution in [0.2, 0.25) is 0 Å². The molecule has 0 spiro atoms. The van der Waals surface area contributed by atoms with Crippen LogP contribution >= 0.6 is 0 Å². The number of nitrogens with zero attached hydrogens (tertiary/aromatic N) is 2. The number of hydrogen-bond donors (Lipinski definition) is 2. The molecule has 1 aromatic heterocycles. The second kappa shape index (κ2) is 6.93. The van der Waals surface area contributed by atoms with E-state index in [1.165, 1.54) is 7.11 Å². The molecule has 2 N–H and O–H groups in total. The summed E-state index contributed by atoms with van der Waals surface area (Å²) >= 11 is 0.